The fourth-order valence-corrected chi connectivity index (χ4v) is 3.23. The van der Waals surface area contributed by atoms with Crippen LogP contribution < -0.4 is 5.32 Å². The van der Waals surface area contributed by atoms with Gasteiger partial charge in [-0.05, 0) is 71.4 Å². The molecule has 2 saturated heterocycles. The number of rotatable bonds is 4. The fraction of sp³-hybridized carbons (Fsp3) is 0.941. The van der Waals surface area contributed by atoms with Crippen LogP contribution in [0.2, 0.25) is 0 Å². The highest BCUT2D eigenvalue weighted by Gasteiger charge is 2.24. The number of amides is 1. The average molecular weight is 312 g/mol. The third kappa shape index (κ3) is 6.53. The van der Waals surface area contributed by atoms with Gasteiger partial charge in [-0.3, -0.25) is 0 Å². The van der Waals surface area contributed by atoms with Crippen molar-refractivity contribution in [3.8, 4) is 0 Å². The molecule has 2 rings (SSSR count). The summed E-state index contributed by atoms with van der Waals surface area (Å²) < 4.78 is 10.8. The Balaban J connectivity index is 1.59. The molecule has 0 aromatic carbocycles. The Labute approximate surface area is 134 Å². The molecular weight excluding hydrogens is 280 g/mol. The molecule has 0 saturated carbocycles. The van der Waals surface area contributed by atoms with Gasteiger partial charge in [0.25, 0.3) is 0 Å². The van der Waals surface area contributed by atoms with Gasteiger partial charge >= 0.3 is 6.09 Å². The van der Waals surface area contributed by atoms with E-state index in [0.717, 1.165) is 45.7 Å². The topological polar surface area (TPSA) is 50.8 Å². The second kappa shape index (κ2) is 8.16. The Hall–Kier alpha value is -0.810. The SMILES string of the molecule is CC(C)(C)OC(=O)NCC1CCN(CC2CCCOC2)CC1. The van der Waals surface area contributed by atoms with E-state index in [1.807, 2.05) is 20.8 Å². The van der Waals surface area contributed by atoms with Gasteiger partial charge in [0, 0.05) is 19.7 Å². The number of carbonyl (C=O) groups is 1. The van der Waals surface area contributed by atoms with E-state index < -0.39 is 5.60 Å². The van der Waals surface area contributed by atoms with Crippen LogP contribution in [-0.4, -0.2) is 56.0 Å². The molecule has 0 radical (unpaired) electrons. The first-order valence-electron chi connectivity index (χ1n) is 8.69. The van der Waals surface area contributed by atoms with E-state index >= 15 is 0 Å². The molecule has 0 aromatic heterocycles. The van der Waals surface area contributed by atoms with Gasteiger partial charge in [0.15, 0.2) is 0 Å². The maximum absolute atomic E-state index is 11.7. The third-order valence-corrected chi connectivity index (χ3v) is 4.41. The first-order valence-corrected chi connectivity index (χ1v) is 8.69. The summed E-state index contributed by atoms with van der Waals surface area (Å²) >= 11 is 0. The monoisotopic (exact) mass is 312 g/mol. The minimum absolute atomic E-state index is 0.297. The van der Waals surface area contributed by atoms with Crippen LogP contribution in [0.4, 0.5) is 4.79 Å². The van der Waals surface area contributed by atoms with E-state index in [1.54, 1.807) is 0 Å². The van der Waals surface area contributed by atoms with E-state index in [1.165, 1.54) is 19.4 Å². The summed E-state index contributed by atoms with van der Waals surface area (Å²) in [6.45, 7) is 11.7. The van der Waals surface area contributed by atoms with Crippen LogP contribution in [-0.2, 0) is 9.47 Å². The number of piperidine rings is 1. The van der Waals surface area contributed by atoms with Crippen molar-refractivity contribution in [3.05, 3.63) is 0 Å². The summed E-state index contributed by atoms with van der Waals surface area (Å²) in [6, 6.07) is 0. The van der Waals surface area contributed by atoms with Gasteiger partial charge < -0.3 is 19.7 Å². The maximum atomic E-state index is 11.7. The lowest BCUT2D eigenvalue weighted by Crippen LogP contribution is -2.42. The molecular formula is C17H32N2O3. The zero-order chi connectivity index (χ0) is 16.0. The van der Waals surface area contributed by atoms with Gasteiger partial charge in [-0.25, -0.2) is 4.79 Å². The predicted molar refractivity (Wildman–Crippen MR) is 86.9 cm³/mol. The molecule has 5 nitrogen and oxygen atoms in total. The number of ether oxygens (including phenoxy) is 2. The molecule has 0 aromatic rings. The molecule has 0 aliphatic carbocycles. The Morgan fingerprint density at radius 1 is 1.23 bits per heavy atom. The Morgan fingerprint density at radius 2 is 1.95 bits per heavy atom. The minimum atomic E-state index is -0.421. The van der Waals surface area contributed by atoms with Gasteiger partial charge in [0.1, 0.15) is 5.60 Å². The highest BCUT2D eigenvalue weighted by Crippen LogP contribution is 2.20. The summed E-state index contributed by atoms with van der Waals surface area (Å²) in [4.78, 5) is 14.2. The molecule has 0 spiro atoms. The number of carbonyl (C=O) groups excluding carboxylic acids is 1. The van der Waals surface area contributed by atoms with Gasteiger partial charge in [-0.2, -0.15) is 0 Å². The summed E-state index contributed by atoms with van der Waals surface area (Å²) in [7, 11) is 0. The van der Waals surface area contributed by atoms with Crippen molar-refractivity contribution in [2.24, 2.45) is 11.8 Å². The first kappa shape index (κ1) is 17.5. The first-order chi connectivity index (χ1) is 10.4. The van der Waals surface area contributed by atoms with Crippen LogP contribution in [0.3, 0.4) is 0 Å². The van der Waals surface area contributed by atoms with Crippen molar-refractivity contribution in [1.82, 2.24) is 10.2 Å². The van der Waals surface area contributed by atoms with Crippen molar-refractivity contribution in [3.63, 3.8) is 0 Å². The lowest BCUT2D eigenvalue weighted by molar-refractivity contribution is 0.0318. The van der Waals surface area contributed by atoms with Crippen LogP contribution in [0.5, 0.6) is 0 Å². The highest BCUT2D eigenvalue weighted by atomic mass is 16.6. The van der Waals surface area contributed by atoms with Gasteiger partial charge in [-0.15, -0.1) is 0 Å². The van der Waals surface area contributed by atoms with E-state index in [9.17, 15) is 4.79 Å². The fourth-order valence-electron chi connectivity index (χ4n) is 3.23. The second-order valence-corrected chi connectivity index (χ2v) is 7.71. The number of nitrogens with zero attached hydrogens (tertiary/aromatic N) is 1. The molecule has 1 amide bonds. The van der Waals surface area contributed by atoms with Crippen molar-refractivity contribution in [2.45, 2.75) is 52.1 Å². The normalized spacial score (nSPS) is 25.0. The minimum Gasteiger partial charge on any atom is -0.444 e. The quantitative estimate of drug-likeness (QED) is 0.867. The molecule has 1 N–H and O–H groups in total. The molecule has 1 unspecified atom stereocenters. The predicted octanol–water partition coefficient (Wildman–Crippen LogP) is 2.65. The van der Waals surface area contributed by atoms with Gasteiger partial charge in [0.2, 0.25) is 0 Å². The lowest BCUT2D eigenvalue weighted by atomic mass is 9.95. The zero-order valence-electron chi connectivity index (χ0n) is 14.4. The number of nitrogens with one attached hydrogen (secondary N) is 1. The van der Waals surface area contributed by atoms with Crippen LogP contribution in [0.1, 0.15) is 46.5 Å². The highest BCUT2D eigenvalue weighted by molar-refractivity contribution is 5.67. The summed E-state index contributed by atoms with van der Waals surface area (Å²) in [5.74, 6) is 1.29. The number of hydrogen-bond donors (Lipinski definition) is 1. The molecule has 22 heavy (non-hydrogen) atoms. The lowest BCUT2D eigenvalue weighted by Gasteiger charge is -2.35. The van der Waals surface area contributed by atoms with Gasteiger partial charge in [-0.1, -0.05) is 0 Å². The van der Waals surface area contributed by atoms with E-state index in [4.69, 9.17) is 9.47 Å². The number of alkyl carbamates (subject to hydrolysis) is 1. The number of likely N-dealkylation sites (tertiary alicyclic amines) is 1. The van der Waals surface area contributed by atoms with E-state index in [0.29, 0.717) is 11.8 Å². The summed E-state index contributed by atoms with van der Waals surface area (Å²) in [5, 5.41) is 2.91. The van der Waals surface area contributed by atoms with Crippen molar-refractivity contribution >= 4 is 6.09 Å². The van der Waals surface area contributed by atoms with E-state index in [2.05, 4.69) is 10.2 Å². The Kier molecular flexibility index (Phi) is 6.50. The van der Waals surface area contributed by atoms with E-state index in [-0.39, 0.29) is 6.09 Å². The zero-order valence-corrected chi connectivity index (χ0v) is 14.4. The van der Waals surface area contributed by atoms with Crippen LogP contribution >= 0.6 is 0 Å². The second-order valence-electron chi connectivity index (χ2n) is 7.71. The summed E-state index contributed by atoms with van der Waals surface area (Å²) in [5.41, 5.74) is -0.421. The molecule has 5 heteroatoms. The molecule has 128 valence electrons. The smallest absolute Gasteiger partial charge is 0.407 e. The van der Waals surface area contributed by atoms with Gasteiger partial charge in [0.05, 0.1) is 6.61 Å². The molecule has 2 heterocycles. The largest absolute Gasteiger partial charge is 0.444 e. The van der Waals surface area contributed by atoms with Crippen molar-refractivity contribution in [1.29, 1.82) is 0 Å². The molecule has 2 aliphatic rings. The van der Waals surface area contributed by atoms with Crippen molar-refractivity contribution < 1.29 is 14.3 Å². The average Bonchev–Trinajstić information content (AvgIpc) is 2.46. The van der Waals surface area contributed by atoms with Crippen molar-refractivity contribution in [2.75, 3.05) is 39.4 Å². The maximum Gasteiger partial charge on any atom is 0.407 e. The third-order valence-electron chi connectivity index (χ3n) is 4.41. The molecule has 2 fully saturated rings. The number of hydrogen-bond acceptors (Lipinski definition) is 4. The standard InChI is InChI=1S/C17H32N2O3/c1-17(2,3)22-16(20)18-11-14-6-8-19(9-7-14)12-15-5-4-10-21-13-15/h14-15H,4-13H2,1-3H3,(H,18,20). The van der Waals surface area contributed by atoms with Crippen LogP contribution in [0.15, 0.2) is 0 Å². The Morgan fingerprint density at radius 3 is 2.55 bits per heavy atom. The van der Waals surface area contributed by atoms with Crippen LogP contribution in [0, 0.1) is 11.8 Å². The molecule has 0 bridgehead atoms. The Bertz CT molecular complexity index is 340. The van der Waals surface area contributed by atoms with Crippen LogP contribution in [0.25, 0.3) is 0 Å². The summed E-state index contributed by atoms with van der Waals surface area (Å²) in [6.07, 6.45) is 4.53. The molecule has 1 atom stereocenters. The molecule has 2 aliphatic heterocycles.